The molecule has 1 aromatic carbocycles. The minimum Gasteiger partial charge on any atom is -0.396 e. The summed E-state index contributed by atoms with van der Waals surface area (Å²) >= 11 is 0. The van der Waals surface area contributed by atoms with Crippen molar-refractivity contribution >= 4 is 23.4 Å². The summed E-state index contributed by atoms with van der Waals surface area (Å²) in [5.41, 5.74) is -1.26. The zero-order valence-electron chi connectivity index (χ0n) is 24.3. The molecule has 1 aromatic rings. The average Bonchev–Trinajstić information content (AvgIpc) is 3.46. The van der Waals surface area contributed by atoms with Crippen molar-refractivity contribution in [1.29, 1.82) is 0 Å². The molecule has 3 fully saturated rings. The number of likely N-dealkylation sites (tertiary alicyclic amines) is 1. The number of amides is 3. The second-order valence-electron chi connectivity index (χ2n) is 11.7. The number of aliphatic hydroxyl groups excluding tert-OH is 1. The maximum Gasteiger partial charge on any atom is 0.248 e. The monoisotopic (exact) mass is 551 g/mol. The molecule has 8 heteroatoms. The second kappa shape index (κ2) is 12.3. The van der Waals surface area contributed by atoms with E-state index in [0.717, 1.165) is 18.5 Å². The van der Waals surface area contributed by atoms with Gasteiger partial charge in [0.05, 0.1) is 17.4 Å². The largest absolute Gasteiger partial charge is 0.396 e. The molecule has 3 amide bonds. The third-order valence-electron chi connectivity index (χ3n) is 9.21. The Labute approximate surface area is 238 Å². The predicted octanol–water partition coefficient (Wildman–Crippen LogP) is 3.80. The summed E-state index contributed by atoms with van der Waals surface area (Å²) in [6.07, 6.45) is 6.77. The molecule has 4 rings (SSSR count). The number of para-hydroxylation sites is 1. The number of carbonyl (C=O) groups is 3. The highest BCUT2D eigenvalue weighted by Crippen LogP contribution is 2.65. The lowest BCUT2D eigenvalue weighted by molar-refractivity contribution is -0.152. The third-order valence-corrected chi connectivity index (χ3v) is 9.21. The molecule has 0 radical (unpaired) electrons. The number of aliphatic hydroxyl groups is 1. The van der Waals surface area contributed by atoms with Crippen molar-refractivity contribution in [2.45, 2.75) is 70.1 Å². The molecule has 3 saturated heterocycles. The van der Waals surface area contributed by atoms with Gasteiger partial charge in [-0.1, -0.05) is 50.6 Å². The fourth-order valence-corrected chi connectivity index (χ4v) is 7.23. The molecule has 3 aliphatic heterocycles. The highest BCUT2D eigenvalue weighted by Gasteiger charge is 2.80. The van der Waals surface area contributed by atoms with Gasteiger partial charge >= 0.3 is 0 Å². The number of rotatable bonds is 14. The minimum absolute atomic E-state index is 0.00854. The fraction of sp³-hybridized carbons (Fsp3) is 0.594. The normalized spacial score (nSPS) is 30.3. The maximum atomic E-state index is 14.5. The van der Waals surface area contributed by atoms with Gasteiger partial charge in [-0.15, -0.1) is 13.2 Å². The van der Waals surface area contributed by atoms with Crippen molar-refractivity contribution in [3.05, 3.63) is 55.6 Å². The van der Waals surface area contributed by atoms with E-state index in [1.165, 1.54) is 0 Å². The van der Waals surface area contributed by atoms with Gasteiger partial charge in [0.25, 0.3) is 0 Å². The number of benzene rings is 1. The van der Waals surface area contributed by atoms with Crippen LogP contribution in [0.15, 0.2) is 55.6 Å². The van der Waals surface area contributed by atoms with Crippen molar-refractivity contribution in [3.63, 3.8) is 0 Å². The van der Waals surface area contributed by atoms with Crippen LogP contribution in [-0.4, -0.2) is 82.7 Å². The van der Waals surface area contributed by atoms with E-state index >= 15 is 0 Å². The molecule has 3 aliphatic rings. The van der Waals surface area contributed by atoms with Gasteiger partial charge in [0, 0.05) is 38.5 Å². The Bertz CT molecular complexity index is 1110. The van der Waals surface area contributed by atoms with Gasteiger partial charge in [-0.3, -0.25) is 14.4 Å². The topological polar surface area (TPSA) is 90.4 Å². The molecular formula is C32H45N3O5. The molecule has 6 atom stereocenters. The van der Waals surface area contributed by atoms with Crippen molar-refractivity contribution in [2.24, 2.45) is 17.8 Å². The fourth-order valence-electron chi connectivity index (χ4n) is 7.23. The molecule has 1 N–H and O–H groups in total. The Morgan fingerprint density at radius 1 is 1.12 bits per heavy atom. The Hall–Kier alpha value is -2.97. The van der Waals surface area contributed by atoms with Gasteiger partial charge in [-0.2, -0.15) is 0 Å². The summed E-state index contributed by atoms with van der Waals surface area (Å²) in [6, 6.07) is 8.58. The Morgan fingerprint density at radius 2 is 1.82 bits per heavy atom. The van der Waals surface area contributed by atoms with E-state index in [1.54, 1.807) is 26.9 Å². The highest BCUT2D eigenvalue weighted by molar-refractivity contribution is 6.03. The van der Waals surface area contributed by atoms with Gasteiger partial charge in [0.2, 0.25) is 17.7 Å². The molecule has 0 saturated carbocycles. The minimum atomic E-state index is -1.09. The number of unbranched alkanes of at least 4 members (excludes halogenated alkanes) is 2. The highest BCUT2D eigenvalue weighted by atomic mass is 16.5. The van der Waals surface area contributed by atoms with Gasteiger partial charge in [-0.25, -0.2) is 0 Å². The zero-order valence-corrected chi connectivity index (χ0v) is 24.3. The molecular weight excluding hydrogens is 506 g/mol. The molecule has 3 unspecified atom stereocenters. The second-order valence-corrected chi connectivity index (χ2v) is 11.7. The van der Waals surface area contributed by atoms with E-state index in [9.17, 15) is 19.5 Å². The number of ether oxygens (including phenoxy) is 1. The first kappa shape index (κ1) is 30.0. The Balaban J connectivity index is 1.79. The number of hydrogen-bond acceptors (Lipinski definition) is 5. The zero-order chi connectivity index (χ0) is 29.1. The van der Waals surface area contributed by atoms with Crippen LogP contribution in [0.2, 0.25) is 0 Å². The van der Waals surface area contributed by atoms with Crippen LogP contribution in [0.5, 0.6) is 0 Å². The molecule has 3 heterocycles. The summed E-state index contributed by atoms with van der Waals surface area (Å²) in [5.74, 6) is -2.09. The lowest BCUT2D eigenvalue weighted by atomic mass is 9.62. The molecule has 218 valence electrons. The first-order chi connectivity index (χ1) is 19.2. The molecule has 1 spiro atoms. The first-order valence-electron chi connectivity index (χ1n) is 14.7. The molecule has 2 bridgehead atoms. The SMILES string of the molecule is C=CCN(CCCC)C(=O)C1N(CCCCO)C(=O)[C@@H]2[C@H](C(=O)N(CC=C)c3ccccc3)[C@@]3(C)OC12CC3C. The summed E-state index contributed by atoms with van der Waals surface area (Å²) in [4.78, 5) is 48.3. The number of nitrogens with zero attached hydrogens (tertiary/aromatic N) is 3. The van der Waals surface area contributed by atoms with E-state index < -0.39 is 29.1 Å². The third kappa shape index (κ3) is 4.90. The van der Waals surface area contributed by atoms with E-state index in [4.69, 9.17) is 4.74 Å². The first-order valence-corrected chi connectivity index (χ1v) is 14.7. The van der Waals surface area contributed by atoms with Crippen LogP contribution in [0.25, 0.3) is 0 Å². The lowest BCUT2D eigenvalue weighted by Crippen LogP contribution is -2.57. The summed E-state index contributed by atoms with van der Waals surface area (Å²) in [6.45, 7) is 15.4. The standard InChI is InChI=1S/C32H45N3O5/c1-6-9-19-33(17-7-2)30(39)27-32-22-23(4)31(5,40-32)25(26(32)29(38)35(27)20-13-14-21-36)28(37)34(18-8-3)24-15-11-10-12-16-24/h7-8,10-12,15-16,23,25-27,36H,2-3,6,9,13-14,17-22H2,1,4-5H3/t23?,25-,26+,27?,31+,32?/m1/s1. The van der Waals surface area contributed by atoms with Crippen molar-refractivity contribution < 1.29 is 24.2 Å². The number of hydrogen-bond donors (Lipinski definition) is 1. The van der Waals surface area contributed by atoms with Crippen LogP contribution < -0.4 is 4.90 Å². The van der Waals surface area contributed by atoms with E-state index in [0.29, 0.717) is 45.4 Å². The quantitative estimate of drug-likeness (QED) is 0.281. The van der Waals surface area contributed by atoms with Crippen LogP contribution in [0.3, 0.4) is 0 Å². The Morgan fingerprint density at radius 3 is 2.45 bits per heavy atom. The van der Waals surface area contributed by atoms with Crippen LogP contribution >= 0.6 is 0 Å². The van der Waals surface area contributed by atoms with Crippen LogP contribution in [0, 0.1) is 17.8 Å². The van der Waals surface area contributed by atoms with Crippen LogP contribution in [-0.2, 0) is 19.1 Å². The van der Waals surface area contributed by atoms with Gasteiger partial charge in [0.15, 0.2) is 0 Å². The Kier molecular flexibility index (Phi) is 9.20. The number of carbonyl (C=O) groups excluding carboxylic acids is 3. The van der Waals surface area contributed by atoms with Crippen LogP contribution in [0.1, 0.15) is 52.9 Å². The molecule has 0 aromatic heterocycles. The molecule has 0 aliphatic carbocycles. The lowest BCUT2D eigenvalue weighted by Gasteiger charge is -2.39. The smallest absolute Gasteiger partial charge is 0.248 e. The summed E-state index contributed by atoms with van der Waals surface area (Å²) in [5, 5.41) is 9.43. The predicted molar refractivity (Wildman–Crippen MR) is 155 cm³/mol. The van der Waals surface area contributed by atoms with Gasteiger partial charge in [-0.05, 0) is 50.7 Å². The molecule has 40 heavy (non-hydrogen) atoms. The number of anilines is 1. The number of fused-ring (bicyclic) bond motifs is 1. The van der Waals surface area contributed by atoms with E-state index in [-0.39, 0.29) is 30.2 Å². The maximum absolute atomic E-state index is 14.5. The van der Waals surface area contributed by atoms with Crippen molar-refractivity contribution in [3.8, 4) is 0 Å². The summed E-state index contributed by atoms with van der Waals surface area (Å²) in [7, 11) is 0. The van der Waals surface area contributed by atoms with Crippen molar-refractivity contribution in [1.82, 2.24) is 9.80 Å². The van der Waals surface area contributed by atoms with E-state index in [1.807, 2.05) is 37.3 Å². The summed E-state index contributed by atoms with van der Waals surface area (Å²) < 4.78 is 6.90. The van der Waals surface area contributed by atoms with E-state index in [2.05, 4.69) is 27.0 Å². The van der Waals surface area contributed by atoms with Gasteiger partial charge in [0.1, 0.15) is 11.6 Å². The average molecular weight is 552 g/mol. The van der Waals surface area contributed by atoms with Crippen molar-refractivity contribution in [2.75, 3.05) is 37.7 Å². The van der Waals surface area contributed by atoms with Crippen LogP contribution in [0.4, 0.5) is 5.69 Å². The molecule has 8 nitrogen and oxygen atoms in total. The van der Waals surface area contributed by atoms with Gasteiger partial charge < -0.3 is 24.5 Å².